The van der Waals surface area contributed by atoms with E-state index in [2.05, 4.69) is 169 Å². The van der Waals surface area contributed by atoms with Crippen LogP contribution in [0.25, 0.3) is 0 Å². The van der Waals surface area contributed by atoms with Crippen molar-refractivity contribution >= 4 is 0 Å². The third-order valence-electron chi connectivity index (χ3n) is 7.91. The minimum Gasteiger partial charge on any atom is -0.0654 e. The second kappa shape index (κ2) is 22.7. The van der Waals surface area contributed by atoms with E-state index in [1.165, 1.54) is 82.6 Å². The second-order valence-electron chi connectivity index (χ2n) is 21.3. The van der Waals surface area contributed by atoms with Gasteiger partial charge in [0.2, 0.25) is 0 Å². The molecule has 0 unspecified atom stereocenters. The quantitative estimate of drug-likeness (QED) is 0.241. The molecule has 0 aliphatic carbocycles. The third-order valence-corrected chi connectivity index (χ3v) is 7.91. The van der Waals surface area contributed by atoms with Crippen LogP contribution >= 0.6 is 0 Å². The van der Waals surface area contributed by atoms with Crippen molar-refractivity contribution in [2.24, 2.45) is 38.4 Å². The Morgan fingerprint density at radius 3 is 0.844 bits per heavy atom. The Bertz CT molecular complexity index is 710. The summed E-state index contributed by atoms with van der Waals surface area (Å²) < 4.78 is 0. The summed E-state index contributed by atoms with van der Waals surface area (Å²) >= 11 is 0. The molecule has 0 nitrogen and oxygen atoms in total. The molecule has 0 saturated heterocycles. The lowest BCUT2D eigenvalue weighted by atomic mass is 9.78. The normalized spacial score (nSPS) is 12.8. The molecule has 0 saturated carbocycles. The van der Waals surface area contributed by atoms with Gasteiger partial charge in [0.25, 0.3) is 0 Å². The van der Waals surface area contributed by atoms with Crippen LogP contribution in [0.15, 0.2) is 30.3 Å². The lowest BCUT2D eigenvalue weighted by Crippen LogP contribution is -2.15. The summed E-state index contributed by atoms with van der Waals surface area (Å²) in [7, 11) is 0. The van der Waals surface area contributed by atoms with Gasteiger partial charge in [-0.3, -0.25) is 0 Å². The highest BCUT2D eigenvalue weighted by Gasteiger charge is 2.21. The molecule has 0 spiro atoms. The zero-order valence-electron chi connectivity index (χ0n) is 35.4. The van der Waals surface area contributed by atoms with Gasteiger partial charge in [-0.15, -0.1) is 0 Å². The molecule has 0 radical (unpaired) electrons. The molecule has 0 aliphatic rings. The van der Waals surface area contributed by atoms with Crippen molar-refractivity contribution in [3.05, 3.63) is 35.9 Å². The molecule has 0 aromatic heterocycles. The van der Waals surface area contributed by atoms with Gasteiger partial charge in [-0.25, -0.2) is 0 Å². The van der Waals surface area contributed by atoms with Crippen molar-refractivity contribution in [2.75, 3.05) is 0 Å². The number of aryl methyl sites for hydroxylation is 1. The first-order valence-corrected chi connectivity index (χ1v) is 19.0. The zero-order chi connectivity index (χ0) is 36.2. The van der Waals surface area contributed by atoms with Crippen molar-refractivity contribution in [3.63, 3.8) is 0 Å². The monoisotopic (exact) mass is 631 g/mol. The van der Waals surface area contributed by atoms with Crippen LogP contribution in [0.4, 0.5) is 0 Å². The van der Waals surface area contributed by atoms with E-state index >= 15 is 0 Å². The van der Waals surface area contributed by atoms with E-state index in [0.717, 1.165) is 5.92 Å². The van der Waals surface area contributed by atoms with Gasteiger partial charge in [0.15, 0.2) is 0 Å². The van der Waals surface area contributed by atoms with Gasteiger partial charge >= 0.3 is 0 Å². The zero-order valence-corrected chi connectivity index (χ0v) is 35.4. The topological polar surface area (TPSA) is 0 Å². The van der Waals surface area contributed by atoms with Crippen LogP contribution in [0.2, 0.25) is 0 Å². The maximum absolute atomic E-state index is 2.37. The van der Waals surface area contributed by atoms with Crippen LogP contribution in [0.3, 0.4) is 0 Å². The predicted molar refractivity (Wildman–Crippen MR) is 213 cm³/mol. The first-order valence-electron chi connectivity index (χ1n) is 19.0. The third kappa shape index (κ3) is 47.7. The fourth-order valence-electron chi connectivity index (χ4n) is 5.01. The lowest BCUT2D eigenvalue weighted by Gasteiger charge is -2.28. The largest absolute Gasteiger partial charge is 0.0654 e. The summed E-state index contributed by atoms with van der Waals surface area (Å²) in [4.78, 5) is 0. The summed E-state index contributed by atoms with van der Waals surface area (Å²) in [6, 6.07) is 10.7. The molecular formula is C45H90. The predicted octanol–water partition coefficient (Wildman–Crippen LogP) is 16.4. The van der Waals surface area contributed by atoms with Crippen LogP contribution in [-0.4, -0.2) is 0 Å². The van der Waals surface area contributed by atoms with Crippen LogP contribution in [-0.2, 0) is 6.42 Å². The number of hydrogen-bond acceptors (Lipinski definition) is 0. The van der Waals surface area contributed by atoms with Crippen molar-refractivity contribution < 1.29 is 0 Å². The van der Waals surface area contributed by atoms with Crippen molar-refractivity contribution in [3.8, 4) is 0 Å². The minimum absolute atomic E-state index is 0.454. The molecule has 1 aromatic rings. The lowest BCUT2D eigenvalue weighted by molar-refractivity contribution is 0.240. The molecule has 0 amide bonds. The Morgan fingerprint density at radius 2 is 0.644 bits per heavy atom. The Balaban J connectivity index is -0.000000576. The first-order chi connectivity index (χ1) is 20.0. The van der Waals surface area contributed by atoms with Gasteiger partial charge in [0, 0.05) is 0 Å². The first kappa shape index (κ1) is 48.6. The highest BCUT2D eigenvalue weighted by molar-refractivity contribution is 5.14. The van der Waals surface area contributed by atoms with E-state index in [-0.39, 0.29) is 0 Å². The molecule has 1 rings (SSSR count). The van der Waals surface area contributed by atoms with Crippen LogP contribution in [0.1, 0.15) is 215 Å². The van der Waals surface area contributed by atoms with E-state index in [1.54, 1.807) is 0 Å². The summed E-state index contributed by atoms with van der Waals surface area (Å²) in [5.41, 5.74) is 4.47. The Kier molecular flexibility index (Phi) is 24.6. The van der Waals surface area contributed by atoms with Crippen LogP contribution in [0, 0.1) is 38.4 Å². The highest BCUT2D eigenvalue weighted by atomic mass is 14.3. The van der Waals surface area contributed by atoms with E-state index in [1.807, 2.05) is 0 Å². The maximum Gasteiger partial charge on any atom is -0.0274 e. The smallest absolute Gasteiger partial charge is 0.0274 e. The molecule has 0 heterocycles. The van der Waals surface area contributed by atoms with Crippen molar-refractivity contribution in [1.82, 2.24) is 0 Å². The fourth-order valence-corrected chi connectivity index (χ4v) is 5.01. The molecule has 0 aliphatic heterocycles. The molecule has 0 heteroatoms. The van der Waals surface area contributed by atoms with E-state index in [9.17, 15) is 0 Å². The maximum atomic E-state index is 2.37. The summed E-state index contributed by atoms with van der Waals surface area (Å²) in [6.45, 7) is 46.3. The molecule has 45 heavy (non-hydrogen) atoms. The fraction of sp³-hybridized carbons (Fsp3) is 0.867. The standard InChI is InChI=1S/C19H40.C12H18.2C7H16/c1-17(2,3)13-10-16(11-14-18(4,5)6)12-15-19(7,8)9;1-12(2,3)10-9-11-7-5-4-6-8-11;2*1-5-6-7(2,3)4/h16H,10-15H2,1-9H3;4-8H,9-10H2,1-3H3;2*5-6H2,1-4H3. The SMILES string of the molecule is CC(C)(C)CCC(CCC(C)(C)C)CCC(C)(C)C.CC(C)(C)CCc1ccccc1.CCCC(C)(C)C.CCCC(C)(C)C. The second-order valence-corrected chi connectivity index (χ2v) is 21.3. The van der Waals surface area contributed by atoms with E-state index < -0.39 is 0 Å². The van der Waals surface area contributed by atoms with Gasteiger partial charge < -0.3 is 0 Å². The molecule has 270 valence electrons. The van der Waals surface area contributed by atoms with Crippen LogP contribution in [0.5, 0.6) is 0 Å². The number of rotatable bonds is 10. The van der Waals surface area contributed by atoms with Crippen molar-refractivity contribution in [2.45, 2.75) is 216 Å². The Morgan fingerprint density at radius 1 is 0.378 bits per heavy atom. The number of benzene rings is 1. The molecule has 0 bridgehead atoms. The average molecular weight is 631 g/mol. The average Bonchev–Trinajstić information content (AvgIpc) is 2.80. The minimum atomic E-state index is 0.454. The molecule has 0 fully saturated rings. The molecular weight excluding hydrogens is 540 g/mol. The summed E-state index contributed by atoms with van der Waals surface area (Å²) in [5.74, 6) is 0.928. The van der Waals surface area contributed by atoms with Crippen LogP contribution < -0.4 is 0 Å². The highest BCUT2D eigenvalue weighted by Crippen LogP contribution is 2.34. The summed E-state index contributed by atoms with van der Waals surface area (Å²) in [6.07, 6.45) is 16.1. The van der Waals surface area contributed by atoms with Gasteiger partial charge in [-0.1, -0.05) is 182 Å². The summed E-state index contributed by atoms with van der Waals surface area (Å²) in [5, 5.41) is 0. The van der Waals surface area contributed by atoms with E-state index in [0.29, 0.717) is 32.5 Å². The van der Waals surface area contributed by atoms with E-state index in [4.69, 9.17) is 0 Å². The Hall–Kier alpha value is -0.780. The number of hydrogen-bond donors (Lipinski definition) is 0. The van der Waals surface area contributed by atoms with Gasteiger partial charge in [-0.05, 0) is 108 Å². The van der Waals surface area contributed by atoms with Gasteiger partial charge in [-0.2, -0.15) is 0 Å². The van der Waals surface area contributed by atoms with Gasteiger partial charge in [0.05, 0.1) is 0 Å². The molecule has 0 N–H and O–H groups in total. The molecule has 1 aromatic carbocycles. The van der Waals surface area contributed by atoms with Gasteiger partial charge in [0.1, 0.15) is 0 Å². The van der Waals surface area contributed by atoms with Crippen molar-refractivity contribution in [1.29, 1.82) is 0 Å². The Labute approximate surface area is 289 Å². The molecule has 0 atom stereocenters.